The van der Waals surface area contributed by atoms with Crippen LogP contribution in [0, 0.1) is 19.8 Å². The van der Waals surface area contributed by atoms with E-state index in [-0.39, 0.29) is 0 Å². The monoisotopic (exact) mass is 219 g/mol. The Balaban J connectivity index is 2.42. The molecule has 1 aliphatic heterocycles. The molecular formula is C14H21NO. The van der Waals surface area contributed by atoms with Crippen molar-refractivity contribution in [2.75, 3.05) is 13.7 Å². The largest absolute Gasteiger partial charge is 0.496 e. The van der Waals surface area contributed by atoms with E-state index in [1.807, 2.05) is 0 Å². The Morgan fingerprint density at radius 3 is 2.50 bits per heavy atom. The van der Waals surface area contributed by atoms with Crippen molar-refractivity contribution in [2.45, 2.75) is 33.2 Å². The van der Waals surface area contributed by atoms with Crippen molar-refractivity contribution in [3.05, 3.63) is 28.8 Å². The molecule has 2 heteroatoms. The number of methoxy groups -OCH3 is 1. The molecule has 1 aliphatic rings. The molecule has 2 atom stereocenters. The standard InChI is InChI=1S/C14H21NO/c1-9-5-6-15-14(9)12-7-10(2)11(3)8-13(12)16-4/h7-9,14-15H,5-6H2,1-4H3/t9-,14-/m0/s1. The summed E-state index contributed by atoms with van der Waals surface area (Å²) in [6, 6.07) is 4.87. The smallest absolute Gasteiger partial charge is 0.123 e. The topological polar surface area (TPSA) is 21.3 Å². The molecule has 0 saturated carbocycles. The quantitative estimate of drug-likeness (QED) is 0.825. The van der Waals surface area contributed by atoms with Crippen LogP contribution in [0.5, 0.6) is 5.75 Å². The van der Waals surface area contributed by atoms with E-state index in [0.29, 0.717) is 12.0 Å². The maximum absolute atomic E-state index is 5.50. The first kappa shape index (κ1) is 11.5. The highest BCUT2D eigenvalue weighted by molar-refractivity contribution is 5.44. The van der Waals surface area contributed by atoms with Gasteiger partial charge in [0.25, 0.3) is 0 Å². The van der Waals surface area contributed by atoms with Crippen LogP contribution in [0.15, 0.2) is 12.1 Å². The average molecular weight is 219 g/mol. The van der Waals surface area contributed by atoms with Gasteiger partial charge in [0, 0.05) is 11.6 Å². The Labute approximate surface area is 98.0 Å². The Morgan fingerprint density at radius 2 is 1.94 bits per heavy atom. The van der Waals surface area contributed by atoms with Gasteiger partial charge in [-0.05, 0) is 49.9 Å². The first-order valence-corrected chi connectivity index (χ1v) is 6.02. The van der Waals surface area contributed by atoms with Gasteiger partial charge in [0.15, 0.2) is 0 Å². The second-order valence-electron chi connectivity index (χ2n) is 4.88. The fraction of sp³-hybridized carbons (Fsp3) is 0.571. The Bertz CT molecular complexity index is 387. The van der Waals surface area contributed by atoms with Crippen LogP contribution < -0.4 is 10.1 Å². The summed E-state index contributed by atoms with van der Waals surface area (Å²) in [5.41, 5.74) is 3.96. The van der Waals surface area contributed by atoms with Crippen LogP contribution in [0.2, 0.25) is 0 Å². The fourth-order valence-corrected chi connectivity index (χ4v) is 2.48. The molecule has 1 aromatic rings. The van der Waals surface area contributed by atoms with Crippen molar-refractivity contribution < 1.29 is 4.74 Å². The fourth-order valence-electron chi connectivity index (χ4n) is 2.48. The number of hydrogen-bond donors (Lipinski definition) is 1. The van der Waals surface area contributed by atoms with Gasteiger partial charge in [-0.1, -0.05) is 13.0 Å². The van der Waals surface area contributed by atoms with Crippen LogP contribution in [-0.2, 0) is 0 Å². The van der Waals surface area contributed by atoms with E-state index in [1.165, 1.54) is 23.1 Å². The molecule has 0 aromatic heterocycles. The molecule has 0 unspecified atom stereocenters. The molecule has 16 heavy (non-hydrogen) atoms. The molecule has 1 aromatic carbocycles. The number of aryl methyl sites for hydroxylation is 2. The van der Waals surface area contributed by atoms with Gasteiger partial charge >= 0.3 is 0 Å². The van der Waals surface area contributed by atoms with Crippen molar-refractivity contribution in [3.8, 4) is 5.75 Å². The van der Waals surface area contributed by atoms with E-state index >= 15 is 0 Å². The van der Waals surface area contributed by atoms with Crippen LogP contribution >= 0.6 is 0 Å². The zero-order valence-electron chi connectivity index (χ0n) is 10.6. The highest BCUT2D eigenvalue weighted by Gasteiger charge is 2.27. The number of benzene rings is 1. The normalized spacial score (nSPS) is 24.8. The minimum Gasteiger partial charge on any atom is -0.496 e. The third-order valence-electron chi connectivity index (χ3n) is 3.71. The molecule has 0 spiro atoms. The summed E-state index contributed by atoms with van der Waals surface area (Å²) in [4.78, 5) is 0. The van der Waals surface area contributed by atoms with Crippen molar-refractivity contribution in [3.63, 3.8) is 0 Å². The highest BCUT2D eigenvalue weighted by atomic mass is 16.5. The van der Waals surface area contributed by atoms with Gasteiger partial charge in [0.05, 0.1) is 7.11 Å². The van der Waals surface area contributed by atoms with Gasteiger partial charge in [-0.2, -0.15) is 0 Å². The highest BCUT2D eigenvalue weighted by Crippen LogP contribution is 2.36. The van der Waals surface area contributed by atoms with Crippen LogP contribution in [0.1, 0.15) is 36.1 Å². The zero-order valence-corrected chi connectivity index (χ0v) is 10.6. The van der Waals surface area contributed by atoms with Crippen LogP contribution in [0.3, 0.4) is 0 Å². The van der Waals surface area contributed by atoms with E-state index in [9.17, 15) is 0 Å². The summed E-state index contributed by atoms with van der Waals surface area (Å²) < 4.78 is 5.50. The Morgan fingerprint density at radius 1 is 1.25 bits per heavy atom. The number of rotatable bonds is 2. The van der Waals surface area contributed by atoms with Gasteiger partial charge in [-0.15, -0.1) is 0 Å². The minimum absolute atomic E-state index is 0.453. The summed E-state index contributed by atoms with van der Waals surface area (Å²) in [5, 5.41) is 3.56. The van der Waals surface area contributed by atoms with E-state index in [4.69, 9.17) is 4.74 Å². The molecule has 1 N–H and O–H groups in total. The summed E-state index contributed by atoms with van der Waals surface area (Å²) >= 11 is 0. The molecule has 2 nitrogen and oxygen atoms in total. The molecule has 0 bridgehead atoms. The Kier molecular flexibility index (Phi) is 3.20. The third kappa shape index (κ3) is 1.94. The molecule has 1 fully saturated rings. The van der Waals surface area contributed by atoms with Crippen molar-refractivity contribution >= 4 is 0 Å². The molecule has 0 radical (unpaired) electrons. The molecule has 2 rings (SSSR count). The van der Waals surface area contributed by atoms with Crippen LogP contribution in [-0.4, -0.2) is 13.7 Å². The van der Waals surface area contributed by atoms with Gasteiger partial charge in [0.2, 0.25) is 0 Å². The molecule has 1 saturated heterocycles. The second-order valence-corrected chi connectivity index (χ2v) is 4.88. The van der Waals surface area contributed by atoms with E-state index in [2.05, 4.69) is 38.2 Å². The average Bonchev–Trinajstić information content (AvgIpc) is 2.68. The van der Waals surface area contributed by atoms with Crippen molar-refractivity contribution in [1.82, 2.24) is 5.32 Å². The van der Waals surface area contributed by atoms with Gasteiger partial charge in [-0.25, -0.2) is 0 Å². The lowest BCUT2D eigenvalue weighted by Gasteiger charge is -2.20. The van der Waals surface area contributed by atoms with Gasteiger partial charge in [-0.3, -0.25) is 0 Å². The molecule has 0 aliphatic carbocycles. The van der Waals surface area contributed by atoms with E-state index in [1.54, 1.807) is 7.11 Å². The number of hydrogen-bond acceptors (Lipinski definition) is 2. The maximum atomic E-state index is 5.50. The molecule has 1 heterocycles. The predicted octanol–water partition coefficient (Wildman–Crippen LogP) is 2.98. The molecular weight excluding hydrogens is 198 g/mol. The van der Waals surface area contributed by atoms with Gasteiger partial charge < -0.3 is 10.1 Å². The summed E-state index contributed by atoms with van der Waals surface area (Å²) in [5.74, 6) is 1.71. The maximum Gasteiger partial charge on any atom is 0.123 e. The summed E-state index contributed by atoms with van der Waals surface area (Å²) in [6.45, 7) is 7.71. The predicted molar refractivity (Wildman–Crippen MR) is 67.0 cm³/mol. The molecule has 0 amide bonds. The number of ether oxygens (including phenoxy) is 1. The lowest BCUT2D eigenvalue weighted by atomic mass is 9.93. The second kappa shape index (κ2) is 4.46. The first-order valence-electron chi connectivity index (χ1n) is 6.02. The summed E-state index contributed by atoms with van der Waals surface area (Å²) in [7, 11) is 1.76. The van der Waals surface area contributed by atoms with Crippen molar-refractivity contribution in [1.29, 1.82) is 0 Å². The molecule has 88 valence electrons. The SMILES string of the molecule is COc1cc(C)c(C)cc1[C@H]1NCC[C@@H]1C. The van der Waals surface area contributed by atoms with Crippen LogP contribution in [0.4, 0.5) is 0 Å². The summed E-state index contributed by atoms with van der Waals surface area (Å²) in [6.07, 6.45) is 1.25. The zero-order chi connectivity index (χ0) is 11.7. The van der Waals surface area contributed by atoms with E-state index in [0.717, 1.165) is 12.3 Å². The lowest BCUT2D eigenvalue weighted by molar-refractivity contribution is 0.393. The van der Waals surface area contributed by atoms with E-state index < -0.39 is 0 Å². The minimum atomic E-state index is 0.453. The Hall–Kier alpha value is -1.02. The van der Waals surface area contributed by atoms with Crippen molar-refractivity contribution in [2.24, 2.45) is 5.92 Å². The number of nitrogens with one attached hydrogen (secondary N) is 1. The van der Waals surface area contributed by atoms with Gasteiger partial charge in [0.1, 0.15) is 5.75 Å². The van der Waals surface area contributed by atoms with Crippen LogP contribution in [0.25, 0.3) is 0 Å². The third-order valence-corrected chi connectivity index (χ3v) is 3.71. The first-order chi connectivity index (χ1) is 7.63. The lowest BCUT2D eigenvalue weighted by Crippen LogP contribution is -2.17.